The monoisotopic (exact) mass is 481 g/mol. The van der Waals surface area contributed by atoms with Crippen LogP contribution in [0.2, 0.25) is 0 Å². The van der Waals surface area contributed by atoms with Crippen molar-refractivity contribution in [3.8, 4) is 17.0 Å². The fraction of sp³-hybridized carbons (Fsp3) is 0.304. The van der Waals surface area contributed by atoms with Gasteiger partial charge in [-0.3, -0.25) is 0 Å². The summed E-state index contributed by atoms with van der Waals surface area (Å²) in [5.74, 6) is -1.36. The molecule has 176 valence electrons. The molecule has 0 aliphatic heterocycles. The Kier molecular flexibility index (Phi) is 6.43. The van der Waals surface area contributed by atoms with Gasteiger partial charge in [-0.2, -0.15) is 13.2 Å². The molecule has 0 aliphatic carbocycles. The number of carboxylic acids is 1. The summed E-state index contributed by atoms with van der Waals surface area (Å²) in [6.07, 6.45) is -4.58. The Bertz CT molecular complexity index is 1350. The maximum Gasteiger partial charge on any atom is 0.416 e. The van der Waals surface area contributed by atoms with E-state index in [9.17, 15) is 31.5 Å². The molecule has 1 aromatic heterocycles. The number of sulfone groups is 1. The average molecular weight is 481 g/mol. The van der Waals surface area contributed by atoms with Gasteiger partial charge in [0.05, 0.1) is 34.2 Å². The minimum Gasteiger partial charge on any atom is -0.492 e. The number of carboxylic acid groups (broad SMARTS) is 1. The molecule has 0 radical (unpaired) electrons. The zero-order chi connectivity index (χ0) is 24.7. The molecule has 3 aromatic rings. The molecule has 33 heavy (non-hydrogen) atoms. The molecule has 0 saturated carbocycles. The third kappa shape index (κ3) is 4.52. The van der Waals surface area contributed by atoms with Crippen molar-refractivity contribution in [1.82, 2.24) is 4.98 Å². The second kappa shape index (κ2) is 8.66. The van der Waals surface area contributed by atoms with Gasteiger partial charge in [0.15, 0.2) is 9.84 Å². The predicted octanol–water partition coefficient (Wildman–Crippen LogP) is 5.51. The first-order valence-corrected chi connectivity index (χ1v) is 11.6. The number of hydrogen-bond donors (Lipinski definition) is 1. The quantitative estimate of drug-likeness (QED) is 0.499. The standard InChI is InChI=1S/C23H22F3NO5S/c1-5-32-18-11-17-16(10-19(18)33(30,31)12(2)3)20(22(28)29)13(4)21(27-17)14-7-6-8-15(9-14)23(24,25)26/h6-12H,5H2,1-4H3,(H,28,29). The minimum absolute atomic E-state index is 0.00128. The zero-order valence-electron chi connectivity index (χ0n) is 18.3. The molecule has 10 heteroatoms. The molecule has 1 N–H and O–H groups in total. The molecular formula is C23H22F3NO5S. The summed E-state index contributed by atoms with van der Waals surface area (Å²) < 4.78 is 71.0. The SMILES string of the molecule is CCOc1cc2nc(-c3cccc(C(F)(F)F)c3)c(C)c(C(=O)O)c2cc1S(=O)(=O)C(C)C. The number of hydrogen-bond acceptors (Lipinski definition) is 5. The lowest BCUT2D eigenvalue weighted by atomic mass is 9.96. The van der Waals surface area contributed by atoms with Crippen molar-refractivity contribution >= 4 is 26.7 Å². The highest BCUT2D eigenvalue weighted by Gasteiger charge is 2.31. The molecule has 0 aliphatic rings. The third-order valence-electron chi connectivity index (χ3n) is 5.20. The van der Waals surface area contributed by atoms with E-state index in [4.69, 9.17) is 4.74 Å². The smallest absolute Gasteiger partial charge is 0.416 e. The maximum atomic E-state index is 13.2. The highest BCUT2D eigenvalue weighted by molar-refractivity contribution is 7.92. The lowest BCUT2D eigenvalue weighted by Gasteiger charge is -2.17. The summed E-state index contributed by atoms with van der Waals surface area (Å²) in [6.45, 7) is 6.22. The van der Waals surface area contributed by atoms with Crippen molar-refractivity contribution in [2.24, 2.45) is 0 Å². The van der Waals surface area contributed by atoms with Gasteiger partial charge in [0, 0.05) is 17.0 Å². The molecule has 2 aromatic carbocycles. The van der Waals surface area contributed by atoms with Gasteiger partial charge < -0.3 is 9.84 Å². The van der Waals surface area contributed by atoms with E-state index in [0.29, 0.717) is 0 Å². The normalized spacial score (nSPS) is 12.4. The van der Waals surface area contributed by atoms with E-state index in [1.807, 2.05) is 0 Å². The van der Waals surface area contributed by atoms with Gasteiger partial charge in [-0.05, 0) is 51.5 Å². The van der Waals surface area contributed by atoms with E-state index in [-0.39, 0.29) is 50.5 Å². The van der Waals surface area contributed by atoms with Crippen LogP contribution in [0.1, 0.15) is 42.3 Å². The van der Waals surface area contributed by atoms with Crippen LogP contribution in [0.25, 0.3) is 22.2 Å². The van der Waals surface area contributed by atoms with Crippen LogP contribution in [0.4, 0.5) is 13.2 Å². The van der Waals surface area contributed by atoms with E-state index in [2.05, 4.69) is 4.98 Å². The molecule has 0 saturated heterocycles. The van der Waals surface area contributed by atoms with Crippen LogP contribution < -0.4 is 4.74 Å². The Morgan fingerprint density at radius 2 is 1.85 bits per heavy atom. The minimum atomic E-state index is -4.58. The molecular weight excluding hydrogens is 459 g/mol. The number of rotatable bonds is 6. The van der Waals surface area contributed by atoms with E-state index in [1.165, 1.54) is 45.0 Å². The number of alkyl halides is 3. The number of aromatic nitrogens is 1. The number of ether oxygens (including phenoxy) is 1. The molecule has 0 spiro atoms. The number of benzene rings is 2. The molecule has 0 atom stereocenters. The Balaban J connectivity index is 2.42. The van der Waals surface area contributed by atoms with Gasteiger partial charge in [-0.1, -0.05) is 12.1 Å². The molecule has 0 fully saturated rings. The largest absolute Gasteiger partial charge is 0.492 e. The van der Waals surface area contributed by atoms with Crippen molar-refractivity contribution < 1.29 is 36.2 Å². The van der Waals surface area contributed by atoms with Crippen LogP contribution in [0.3, 0.4) is 0 Å². The summed E-state index contributed by atoms with van der Waals surface area (Å²) in [4.78, 5) is 16.4. The van der Waals surface area contributed by atoms with Crippen LogP contribution in [-0.2, 0) is 16.0 Å². The topological polar surface area (TPSA) is 93.6 Å². The first-order valence-electron chi connectivity index (χ1n) is 10.0. The first kappa shape index (κ1) is 24.5. The number of pyridine rings is 1. The van der Waals surface area contributed by atoms with Gasteiger partial charge in [0.2, 0.25) is 0 Å². The highest BCUT2D eigenvalue weighted by atomic mass is 32.2. The summed E-state index contributed by atoms with van der Waals surface area (Å²) in [6, 6.07) is 6.96. The number of halogens is 3. The van der Waals surface area contributed by atoms with Crippen LogP contribution in [0.5, 0.6) is 5.75 Å². The first-order chi connectivity index (χ1) is 15.3. The summed E-state index contributed by atoms with van der Waals surface area (Å²) >= 11 is 0. The molecule has 0 bridgehead atoms. The average Bonchev–Trinajstić information content (AvgIpc) is 2.72. The molecule has 3 rings (SSSR count). The summed E-state index contributed by atoms with van der Waals surface area (Å²) in [7, 11) is -3.83. The predicted molar refractivity (Wildman–Crippen MR) is 117 cm³/mol. The Labute approximate surface area is 189 Å². The van der Waals surface area contributed by atoms with Crippen LogP contribution in [-0.4, -0.2) is 36.3 Å². The highest BCUT2D eigenvalue weighted by Crippen LogP contribution is 2.38. The number of fused-ring (bicyclic) bond motifs is 1. The van der Waals surface area contributed by atoms with E-state index in [1.54, 1.807) is 6.92 Å². The Morgan fingerprint density at radius 3 is 2.39 bits per heavy atom. The van der Waals surface area contributed by atoms with Crippen molar-refractivity contribution in [3.63, 3.8) is 0 Å². The Morgan fingerprint density at radius 1 is 1.18 bits per heavy atom. The van der Waals surface area contributed by atoms with Crippen LogP contribution in [0.15, 0.2) is 41.3 Å². The Hall–Kier alpha value is -3.14. The number of aromatic carboxylic acids is 1. The van der Waals surface area contributed by atoms with Crippen LogP contribution >= 0.6 is 0 Å². The summed E-state index contributed by atoms with van der Waals surface area (Å²) in [5.41, 5.74) is -0.790. The molecule has 0 unspecified atom stereocenters. The molecule has 0 amide bonds. The van der Waals surface area contributed by atoms with Crippen LogP contribution in [0, 0.1) is 6.92 Å². The van der Waals surface area contributed by atoms with E-state index < -0.39 is 32.8 Å². The molecule has 6 nitrogen and oxygen atoms in total. The summed E-state index contributed by atoms with van der Waals surface area (Å²) in [5, 5.41) is 9.17. The van der Waals surface area contributed by atoms with Gasteiger partial charge in [-0.25, -0.2) is 18.2 Å². The van der Waals surface area contributed by atoms with Gasteiger partial charge in [0.1, 0.15) is 10.6 Å². The van der Waals surface area contributed by atoms with Crippen molar-refractivity contribution in [1.29, 1.82) is 0 Å². The van der Waals surface area contributed by atoms with Crippen molar-refractivity contribution in [3.05, 3.63) is 53.1 Å². The number of carbonyl (C=O) groups is 1. The van der Waals surface area contributed by atoms with Gasteiger partial charge >= 0.3 is 12.1 Å². The lowest BCUT2D eigenvalue weighted by Crippen LogP contribution is -2.16. The van der Waals surface area contributed by atoms with Gasteiger partial charge in [0.25, 0.3) is 0 Å². The van der Waals surface area contributed by atoms with Crippen molar-refractivity contribution in [2.45, 2.75) is 44.0 Å². The second-order valence-electron chi connectivity index (χ2n) is 7.69. The fourth-order valence-corrected chi connectivity index (χ4v) is 4.70. The van der Waals surface area contributed by atoms with Crippen molar-refractivity contribution in [2.75, 3.05) is 6.61 Å². The fourth-order valence-electron chi connectivity index (χ4n) is 3.51. The maximum absolute atomic E-state index is 13.2. The lowest BCUT2D eigenvalue weighted by molar-refractivity contribution is -0.137. The van der Waals surface area contributed by atoms with Gasteiger partial charge in [-0.15, -0.1) is 0 Å². The third-order valence-corrected chi connectivity index (χ3v) is 7.37. The zero-order valence-corrected chi connectivity index (χ0v) is 19.1. The second-order valence-corrected chi connectivity index (χ2v) is 10.2. The molecule has 1 heterocycles. The number of nitrogens with zero attached hydrogens (tertiary/aromatic N) is 1. The van der Waals surface area contributed by atoms with E-state index in [0.717, 1.165) is 12.1 Å². The van der Waals surface area contributed by atoms with E-state index >= 15 is 0 Å².